The van der Waals surface area contributed by atoms with Crippen LogP contribution in [0, 0.1) is 0 Å². The zero-order valence-electron chi connectivity index (χ0n) is 5.39. The maximum absolute atomic E-state index is 10.6. The van der Waals surface area contributed by atoms with Crippen molar-refractivity contribution in [3.8, 4) is 0 Å². The standard InChI is InChI=1S/C5H9IO2S/c1-3-9-5(7)8-4(2)6/h4H,3H2,1-2H3/t4-/m1/s1. The lowest BCUT2D eigenvalue weighted by atomic mass is 10.9. The average molecular weight is 260 g/mol. The van der Waals surface area contributed by atoms with Crippen LogP contribution in [0.4, 0.5) is 4.79 Å². The summed E-state index contributed by atoms with van der Waals surface area (Å²) >= 11 is 3.23. The molecule has 2 nitrogen and oxygen atoms in total. The Hall–Kier alpha value is 0.550. The Morgan fingerprint density at radius 1 is 1.89 bits per heavy atom. The third-order valence-corrected chi connectivity index (χ3v) is 1.40. The molecule has 0 amide bonds. The molecule has 0 aromatic heterocycles. The number of alkyl halides is 1. The first kappa shape index (κ1) is 9.55. The van der Waals surface area contributed by atoms with E-state index in [4.69, 9.17) is 4.74 Å². The van der Waals surface area contributed by atoms with Crippen molar-refractivity contribution in [1.29, 1.82) is 0 Å². The van der Waals surface area contributed by atoms with Crippen molar-refractivity contribution in [1.82, 2.24) is 0 Å². The van der Waals surface area contributed by atoms with E-state index < -0.39 is 0 Å². The summed E-state index contributed by atoms with van der Waals surface area (Å²) in [4.78, 5) is 10.6. The largest absolute Gasteiger partial charge is 0.444 e. The highest BCUT2D eigenvalue weighted by Crippen LogP contribution is 2.09. The molecule has 0 saturated carbocycles. The van der Waals surface area contributed by atoms with E-state index in [0.717, 1.165) is 5.75 Å². The van der Waals surface area contributed by atoms with Crippen molar-refractivity contribution in [2.24, 2.45) is 0 Å². The molecule has 0 aliphatic rings. The molecule has 0 aliphatic heterocycles. The SMILES string of the molecule is CCSC(=O)O[C@H](C)I. The molecule has 0 unspecified atom stereocenters. The second-order valence-electron chi connectivity index (χ2n) is 1.34. The Labute approximate surface area is 72.9 Å². The highest BCUT2D eigenvalue weighted by atomic mass is 127. The highest BCUT2D eigenvalue weighted by molar-refractivity contribution is 14.1. The predicted molar refractivity (Wildman–Crippen MR) is 48.1 cm³/mol. The van der Waals surface area contributed by atoms with Crippen LogP contribution in [0.2, 0.25) is 0 Å². The fourth-order valence-corrected chi connectivity index (χ4v) is 1.14. The zero-order valence-corrected chi connectivity index (χ0v) is 8.36. The van der Waals surface area contributed by atoms with Crippen molar-refractivity contribution < 1.29 is 9.53 Å². The molecule has 0 bridgehead atoms. The van der Waals surface area contributed by atoms with Crippen LogP contribution in [0.15, 0.2) is 0 Å². The van der Waals surface area contributed by atoms with Crippen LogP contribution in [0.3, 0.4) is 0 Å². The van der Waals surface area contributed by atoms with Gasteiger partial charge in [-0.05, 0) is 41.3 Å². The number of carbonyl (C=O) groups excluding carboxylic acids is 1. The van der Waals surface area contributed by atoms with Crippen LogP contribution in [0.5, 0.6) is 0 Å². The Balaban J connectivity index is 3.27. The lowest BCUT2D eigenvalue weighted by Crippen LogP contribution is -2.02. The summed E-state index contributed by atoms with van der Waals surface area (Å²) in [7, 11) is 0. The van der Waals surface area contributed by atoms with Crippen molar-refractivity contribution in [2.75, 3.05) is 5.75 Å². The van der Waals surface area contributed by atoms with E-state index in [9.17, 15) is 4.79 Å². The molecule has 0 radical (unpaired) electrons. The number of rotatable bonds is 2. The lowest BCUT2D eigenvalue weighted by molar-refractivity contribution is 0.175. The van der Waals surface area contributed by atoms with E-state index in [-0.39, 0.29) is 9.41 Å². The molecule has 0 heterocycles. The van der Waals surface area contributed by atoms with Gasteiger partial charge in [0.25, 0.3) is 0 Å². The first-order valence-electron chi connectivity index (χ1n) is 2.64. The number of thioether (sulfide) groups is 1. The number of halogens is 1. The molecule has 0 aromatic rings. The maximum Gasteiger partial charge on any atom is 0.368 e. The first-order valence-corrected chi connectivity index (χ1v) is 4.87. The quantitative estimate of drug-likeness (QED) is 0.433. The van der Waals surface area contributed by atoms with Gasteiger partial charge in [0.2, 0.25) is 0 Å². The van der Waals surface area contributed by atoms with E-state index >= 15 is 0 Å². The molecule has 1 atom stereocenters. The fraction of sp³-hybridized carbons (Fsp3) is 0.800. The van der Waals surface area contributed by atoms with Gasteiger partial charge in [0.15, 0.2) is 4.11 Å². The minimum Gasteiger partial charge on any atom is -0.444 e. The van der Waals surface area contributed by atoms with E-state index in [2.05, 4.69) is 0 Å². The van der Waals surface area contributed by atoms with E-state index in [1.165, 1.54) is 11.8 Å². The van der Waals surface area contributed by atoms with Crippen molar-refractivity contribution in [3.05, 3.63) is 0 Å². The molecule has 0 fully saturated rings. The molecule has 0 rings (SSSR count). The Bertz CT molecular complexity index is 95.0. The predicted octanol–water partition coefficient (Wildman–Crippen LogP) is 2.66. The summed E-state index contributed by atoms with van der Waals surface area (Å²) in [6.45, 7) is 3.75. The molecule has 0 N–H and O–H groups in total. The van der Waals surface area contributed by atoms with Crippen LogP contribution in [-0.2, 0) is 4.74 Å². The fourth-order valence-electron chi connectivity index (χ4n) is 0.284. The van der Waals surface area contributed by atoms with Gasteiger partial charge in [0.05, 0.1) is 0 Å². The van der Waals surface area contributed by atoms with Gasteiger partial charge in [-0.3, -0.25) is 0 Å². The molecule has 0 aliphatic carbocycles. The normalized spacial score (nSPS) is 12.8. The molecule has 0 aromatic carbocycles. The van der Waals surface area contributed by atoms with Crippen LogP contribution in [0.1, 0.15) is 13.8 Å². The van der Waals surface area contributed by atoms with E-state index in [1.54, 1.807) is 0 Å². The summed E-state index contributed by atoms with van der Waals surface area (Å²) in [5.74, 6) is 0.780. The Kier molecular flexibility index (Phi) is 5.67. The van der Waals surface area contributed by atoms with E-state index in [1.807, 2.05) is 36.4 Å². The smallest absolute Gasteiger partial charge is 0.368 e. The summed E-state index contributed by atoms with van der Waals surface area (Å²) in [6, 6.07) is 0. The number of hydrogen-bond acceptors (Lipinski definition) is 3. The van der Waals surface area contributed by atoms with Crippen molar-refractivity contribution in [3.63, 3.8) is 0 Å². The van der Waals surface area contributed by atoms with Crippen molar-refractivity contribution >= 4 is 39.7 Å². The van der Waals surface area contributed by atoms with E-state index in [0.29, 0.717) is 0 Å². The summed E-state index contributed by atoms with van der Waals surface area (Å²) in [5, 5.41) is -0.181. The second-order valence-corrected chi connectivity index (χ2v) is 4.30. The van der Waals surface area contributed by atoms with Gasteiger partial charge < -0.3 is 4.74 Å². The molecular weight excluding hydrogens is 251 g/mol. The molecule has 0 spiro atoms. The lowest BCUT2D eigenvalue weighted by Gasteiger charge is -2.03. The topological polar surface area (TPSA) is 26.3 Å². The highest BCUT2D eigenvalue weighted by Gasteiger charge is 2.03. The Morgan fingerprint density at radius 2 is 2.44 bits per heavy atom. The molecule has 54 valence electrons. The second kappa shape index (κ2) is 5.34. The van der Waals surface area contributed by atoms with Gasteiger partial charge in [-0.25, -0.2) is 4.79 Å². The van der Waals surface area contributed by atoms with Gasteiger partial charge >= 0.3 is 5.30 Å². The van der Waals surface area contributed by atoms with Gasteiger partial charge in [-0.1, -0.05) is 6.92 Å². The van der Waals surface area contributed by atoms with Crippen LogP contribution in [-0.4, -0.2) is 15.2 Å². The van der Waals surface area contributed by atoms with Crippen LogP contribution >= 0.6 is 34.4 Å². The summed E-state index contributed by atoms with van der Waals surface area (Å²) in [5.41, 5.74) is 0. The van der Waals surface area contributed by atoms with Crippen LogP contribution < -0.4 is 0 Å². The minimum absolute atomic E-state index is 0.0193. The van der Waals surface area contributed by atoms with Crippen molar-refractivity contribution in [2.45, 2.75) is 18.0 Å². The van der Waals surface area contributed by atoms with Gasteiger partial charge in [-0.15, -0.1) is 0 Å². The number of carbonyl (C=O) groups is 1. The minimum atomic E-state index is -0.181. The number of hydrogen-bond donors (Lipinski definition) is 0. The van der Waals surface area contributed by atoms with Crippen LogP contribution in [0.25, 0.3) is 0 Å². The van der Waals surface area contributed by atoms with Gasteiger partial charge in [0, 0.05) is 5.75 Å². The summed E-state index contributed by atoms with van der Waals surface area (Å²) in [6.07, 6.45) is 0. The zero-order chi connectivity index (χ0) is 7.28. The monoisotopic (exact) mass is 260 g/mol. The Morgan fingerprint density at radius 3 is 2.78 bits per heavy atom. The summed E-state index contributed by atoms with van der Waals surface area (Å²) < 4.78 is 4.78. The molecular formula is C5H9IO2S. The maximum atomic E-state index is 10.6. The third-order valence-electron chi connectivity index (χ3n) is 0.521. The van der Waals surface area contributed by atoms with Gasteiger partial charge in [0.1, 0.15) is 0 Å². The first-order chi connectivity index (χ1) is 4.16. The molecule has 9 heavy (non-hydrogen) atoms. The van der Waals surface area contributed by atoms with Gasteiger partial charge in [-0.2, -0.15) is 0 Å². The number of ether oxygens (including phenoxy) is 1. The third kappa shape index (κ3) is 6.44. The molecule has 4 heteroatoms. The molecule has 0 saturated heterocycles. The average Bonchev–Trinajstić information content (AvgIpc) is 1.63.